The molecule has 0 spiro atoms. The monoisotopic (exact) mass is 829 g/mol. The van der Waals surface area contributed by atoms with Gasteiger partial charge in [-0.3, -0.25) is 24.4 Å². The summed E-state index contributed by atoms with van der Waals surface area (Å²) in [7, 11) is 3.18. The van der Waals surface area contributed by atoms with E-state index < -0.39 is 0 Å². The zero-order chi connectivity index (χ0) is 39.6. The van der Waals surface area contributed by atoms with E-state index in [0.29, 0.717) is 77.9 Å². The van der Waals surface area contributed by atoms with Crippen LogP contribution < -0.4 is 24.3 Å². The van der Waals surface area contributed by atoms with E-state index >= 15 is 0 Å². The third kappa shape index (κ3) is 7.67. The van der Waals surface area contributed by atoms with Crippen LogP contribution in [-0.2, 0) is 4.79 Å². The Labute approximate surface area is 338 Å². The van der Waals surface area contributed by atoms with Gasteiger partial charge in [-0.1, -0.05) is 40.2 Å². The van der Waals surface area contributed by atoms with Crippen molar-refractivity contribution in [1.82, 2.24) is 9.80 Å². The summed E-state index contributed by atoms with van der Waals surface area (Å²) < 4.78 is 23.2. The van der Waals surface area contributed by atoms with Crippen LogP contribution in [0.2, 0.25) is 0 Å². The fourth-order valence-electron chi connectivity index (χ4n) is 7.34. The number of nitrogens with zero attached hydrogens (tertiary/aromatic N) is 4. The van der Waals surface area contributed by atoms with Crippen molar-refractivity contribution in [3.63, 3.8) is 0 Å². The van der Waals surface area contributed by atoms with Gasteiger partial charge in [0, 0.05) is 61.9 Å². The Hall–Kier alpha value is -6.21. The highest BCUT2D eigenvalue weighted by molar-refractivity contribution is 9.09. The molecule has 0 bridgehead atoms. The molecule has 57 heavy (non-hydrogen) atoms. The van der Waals surface area contributed by atoms with Crippen LogP contribution in [0, 0.1) is 6.92 Å². The lowest BCUT2D eigenvalue weighted by molar-refractivity contribution is -0.113. The number of benzene rings is 4. The predicted molar refractivity (Wildman–Crippen MR) is 223 cm³/mol. The molecule has 290 valence electrons. The summed E-state index contributed by atoms with van der Waals surface area (Å²) in [6, 6.07) is 22.1. The van der Waals surface area contributed by atoms with E-state index in [0.717, 1.165) is 33.6 Å². The third-order valence-electron chi connectivity index (χ3n) is 10.4. The van der Waals surface area contributed by atoms with Gasteiger partial charge in [-0.15, -0.1) is 0 Å². The lowest BCUT2D eigenvalue weighted by Gasteiger charge is -2.19. The zero-order valence-electron chi connectivity index (χ0n) is 31.7. The molecule has 0 aromatic heterocycles. The largest absolute Gasteiger partial charge is 0.497 e. The lowest BCUT2D eigenvalue weighted by Crippen LogP contribution is -2.32. The number of halogens is 1. The van der Waals surface area contributed by atoms with Gasteiger partial charge in [-0.25, -0.2) is 0 Å². The van der Waals surface area contributed by atoms with Crippen LogP contribution in [0.5, 0.6) is 23.0 Å². The van der Waals surface area contributed by atoms with Crippen LogP contribution in [0.25, 0.3) is 11.1 Å². The molecule has 1 N–H and O–H groups in total. The van der Waals surface area contributed by atoms with Gasteiger partial charge in [-0.2, -0.15) is 0 Å². The molecule has 0 unspecified atom stereocenters. The average Bonchev–Trinajstić information content (AvgIpc) is 3.81. The molecule has 4 heterocycles. The van der Waals surface area contributed by atoms with Crippen molar-refractivity contribution in [2.24, 2.45) is 9.98 Å². The van der Waals surface area contributed by atoms with Gasteiger partial charge in [0.05, 0.1) is 67.3 Å². The Morgan fingerprint density at radius 2 is 1.28 bits per heavy atom. The van der Waals surface area contributed by atoms with E-state index in [2.05, 4.69) is 21.2 Å². The predicted octanol–water partition coefficient (Wildman–Crippen LogP) is 8.14. The van der Waals surface area contributed by atoms with Crippen molar-refractivity contribution in [1.29, 1.82) is 0 Å². The maximum Gasteiger partial charge on any atom is 0.260 e. The molecule has 4 aliphatic heterocycles. The number of hydrogen-bond donors (Lipinski definition) is 1. The first kappa shape index (κ1) is 37.7. The number of nitrogens with one attached hydrogen (secondary N) is 1. The molecule has 2 atom stereocenters. The van der Waals surface area contributed by atoms with Gasteiger partial charge in [0.15, 0.2) is 11.5 Å². The highest BCUT2D eigenvalue weighted by Gasteiger charge is 2.35. The molecule has 0 aliphatic carbocycles. The van der Waals surface area contributed by atoms with Crippen LogP contribution in [-0.4, -0.2) is 84.8 Å². The highest BCUT2D eigenvalue weighted by Crippen LogP contribution is 2.41. The highest BCUT2D eigenvalue weighted by atomic mass is 79.9. The molecule has 4 aliphatic rings. The molecule has 0 radical (unpaired) electrons. The number of hydrogen-bond acceptors (Lipinski definition) is 9. The molecule has 12 nitrogen and oxygen atoms in total. The van der Waals surface area contributed by atoms with Gasteiger partial charge < -0.3 is 34.1 Å². The van der Waals surface area contributed by atoms with Crippen molar-refractivity contribution in [3.8, 4) is 23.0 Å². The summed E-state index contributed by atoms with van der Waals surface area (Å²) >= 11 is 3.16. The fraction of sp³-hybridized carbons (Fsp3) is 0.250. The number of aryl methyl sites for hydroxylation is 1. The van der Waals surface area contributed by atoms with E-state index in [-0.39, 0.29) is 35.1 Å². The number of carbonyl (C=O) groups excluding carboxylic acids is 3. The Morgan fingerprint density at radius 1 is 0.737 bits per heavy atom. The Morgan fingerprint density at radius 3 is 1.84 bits per heavy atom. The lowest BCUT2D eigenvalue weighted by atomic mass is 10.0. The normalized spacial score (nSPS) is 17.8. The Bertz CT molecular complexity index is 2370. The van der Waals surface area contributed by atoms with E-state index in [1.165, 1.54) is 7.11 Å². The molecule has 0 saturated carbocycles. The number of methoxy groups -OCH3 is 2. The van der Waals surface area contributed by atoms with Crippen molar-refractivity contribution in [2.45, 2.75) is 38.3 Å². The quantitative estimate of drug-likeness (QED) is 0.113. The van der Waals surface area contributed by atoms with Gasteiger partial charge in [0.25, 0.3) is 11.8 Å². The number of fused-ring (bicyclic) bond motifs is 4. The first-order valence-corrected chi connectivity index (χ1v) is 19.7. The summed E-state index contributed by atoms with van der Waals surface area (Å²) in [5.74, 6) is 1.94. The number of anilines is 1. The Balaban J connectivity index is 0.883. The van der Waals surface area contributed by atoms with Crippen LogP contribution >= 0.6 is 15.9 Å². The van der Waals surface area contributed by atoms with Gasteiger partial charge >= 0.3 is 0 Å². The Kier molecular flexibility index (Phi) is 10.7. The molecule has 13 heteroatoms. The van der Waals surface area contributed by atoms with Gasteiger partial charge in [0.1, 0.15) is 11.5 Å². The zero-order valence-corrected chi connectivity index (χ0v) is 33.2. The fourth-order valence-corrected chi connectivity index (χ4v) is 7.48. The second-order valence-electron chi connectivity index (χ2n) is 14.0. The average molecular weight is 831 g/mol. The van der Waals surface area contributed by atoms with Crippen LogP contribution in [0.3, 0.4) is 0 Å². The van der Waals surface area contributed by atoms with E-state index in [4.69, 9.17) is 28.9 Å². The molecular weight excluding hydrogens is 790 g/mol. The topological polar surface area (TPSA) is 131 Å². The summed E-state index contributed by atoms with van der Waals surface area (Å²) in [5.41, 5.74) is 7.65. The minimum Gasteiger partial charge on any atom is -0.497 e. The molecule has 0 saturated heterocycles. The van der Waals surface area contributed by atoms with E-state index in [1.54, 1.807) is 35.3 Å². The number of rotatable bonds is 12. The first-order chi connectivity index (χ1) is 27.7. The number of ether oxygens (including phenoxy) is 4. The summed E-state index contributed by atoms with van der Waals surface area (Å²) in [6.45, 7) is 2.61. The molecule has 3 amide bonds. The minimum atomic E-state index is -0.243. The molecule has 0 fully saturated rings. The summed E-state index contributed by atoms with van der Waals surface area (Å²) in [4.78, 5) is 52.1. The van der Waals surface area contributed by atoms with Crippen molar-refractivity contribution >= 4 is 74.3 Å². The van der Waals surface area contributed by atoms with Crippen molar-refractivity contribution < 1.29 is 33.3 Å². The van der Waals surface area contributed by atoms with Crippen LogP contribution in [0.4, 0.5) is 17.1 Å². The van der Waals surface area contributed by atoms with Crippen LogP contribution in [0.15, 0.2) is 95.2 Å². The van der Waals surface area contributed by atoms with Crippen LogP contribution in [0.1, 0.15) is 56.7 Å². The molecule has 4 aromatic carbocycles. The molecular formula is C44H40BrN5O7. The number of amides is 3. The van der Waals surface area contributed by atoms with Crippen molar-refractivity contribution in [2.75, 3.05) is 38.1 Å². The van der Waals surface area contributed by atoms with E-state index in [1.807, 2.05) is 86.2 Å². The van der Waals surface area contributed by atoms with Gasteiger partial charge in [0.2, 0.25) is 5.91 Å². The maximum absolute atomic E-state index is 13.8. The number of alkyl halides is 1. The number of aliphatic imine (C=N–C) groups is 2. The first-order valence-electron chi connectivity index (χ1n) is 18.6. The van der Waals surface area contributed by atoms with E-state index in [9.17, 15) is 14.4 Å². The third-order valence-corrected chi connectivity index (χ3v) is 10.9. The number of carbonyl (C=O) groups is 3. The minimum absolute atomic E-state index is 0.0954. The second-order valence-corrected chi connectivity index (χ2v) is 14.6. The molecule has 4 aromatic rings. The maximum atomic E-state index is 13.8. The summed E-state index contributed by atoms with van der Waals surface area (Å²) in [6.07, 6.45) is 9.26. The SMILES string of the molecule is COc1ccc(C2=CN3C(=O)c4cc(C)c(OCCCOc5cc6c(cc5OC)C(=O)N5C=C(c7ccc(NC(=O)CBr)cc7)C[C@H]5C=N6)cc4N=C[C@@H]3C2)cc1. The standard InChI is InChI=1S/C44H40BrN5O7/c1-26-15-35-37(46-22-32-17-30(25-49(32)43(35)52)28-7-11-34(54-2)12-8-28)19-39(26)56-13-4-14-57-41-20-38-36(18-40(41)55-3)44(53)50-24-29(16-33(50)23-47-38)27-5-9-31(10-6-27)48-42(51)21-45/h5-12,15,18-20,22-25,32-33H,4,13-14,16-17,21H2,1-3H3,(H,48,51)/t32-,33-/m0/s1. The van der Waals surface area contributed by atoms with Crippen molar-refractivity contribution in [3.05, 3.63) is 113 Å². The second kappa shape index (κ2) is 16.1. The summed E-state index contributed by atoms with van der Waals surface area (Å²) in [5, 5.41) is 3.04. The molecule has 8 rings (SSSR count). The van der Waals surface area contributed by atoms with Gasteiger partial charge in [-0.05, 0) is 71.2 Å². The smallest absolute Gasteiger partial charge is 0.260 e.